The number of benzene rings is 2. The van der Waals surface area contributed by atoms with E-state index in [-0.39, 0.29) is 11.6 Å². The van der Waals surface area contributed by atoms with E-state index >= 15 is 0 Å². The average molecular weight is 331 g/mol. The molecule has 0 aromatic heterocycles. The lowest BCUT2D eigenvalue weighted by molar-refractivity contribution is 0.410. The lowest BCUT2D eigenvalue weighted by Gasteiger charge is -2.13. The molecule has 0 bridgehead atoms. The van der Waals surface area contributed by atoms with Crippen molar-refractivity contribution in [3.63, 3.8) is 0 Å². The van der Waals surface area contributed by atoms with Gasteiger partial charge in [0.1, 0.15) is 17.3 Å². The molecule has 0 spiro atoms. The number of hydrogen-bond donors (Lipinski definition) is 3. The molecule has 2 aromatic carbocycles. The van der Waals surface area contributed by atoms with Gasteiger partial charge >= 0.3 is 0 Å². The Morgan fingerprint density at radius 1 is 1.21 bits per heavy atom. The van der Waals surface area contributed by atoms with Gasteiger partial charge in [0.05, 0.1) is 13.7 Å². The van der Waals surface area contributed by atoms with E-state index in [1.54, 1.807) is 31.4 Å². The van der Waals surface area contributed by atoms with Crippen molar-refractivity contribution in [3.05, 3.63) is 59.4 Å². The second kappa shape index (κ2) is 8.76. The summed E-state index contributed by atoms with van der Waals surface area (Å²) in [5.41, 5.74) is 1.49. The zero-order chi connectivity index (χ0) is 17.4. The van der Waals surface area contributed by atoms with E-state index in [9.17, 15) is 9.50 Å². The van der Waals surface area contributed by atoms with Crippen LogP contribution in [0.5, 0.6) is 11.5 Å². The number of aliphatic imine (C=N–C) groups is 1. The first-order chi connectivity index (χ1) is 11.6. The highest BCUT2D eigenvalue weighted by Crippen LogP contribution is 2.22. The van der Waals surface area contributed by atoms with E-state index in [0.29, 0.717) is 36.9 Å². The summed E-state index contributed by atoms with van der Waals surface area (Å²) in [5.74, 6) is 1.17. The topological polar surface area (TPSA) is 65.9 Å². The number of rotatable bonds is 6. The highest BCUT2D eigenvalue weighted by Gasteiger charge is 2.05. The lowest BCUT2D eigenvalue weighted by atomic mass is 10.2. The maximum Gasteiger partial charge on any atom is 0.191 e. The van der Waals surface area contributed by atoms with Crippen LogP contribution in [0, 0.1) is 5.82 Å². The zero-order valence-corrected chi connectivity index (χ0v) is 13.8. The van der Waals surface area contributed by atoms with Gasteiger partial charge in [0, 0.05) is 18.7 Å². The minimum Gasteiger partial charge on any atom is -0.508 e. The first-order valence-corrected chi connectivity index (χ1v) is 7.75. The number of methoxy groups -OCH3 is 1. The second-order valence-corrected chi connectivity index (χ2v) is 5.17. The largest absolute Gasteiger partial charge is 0.508 e. The van der Waals surface area contributed by atoms with Crippen molar-refractivity contribution in [3.8, 4) is 11.5 Å². The number of ether oxygens (including phenoxy) is 1. The van der Waals surface area contributed by atoms with Crippen molar-refractivity contribution in [2.45, 2.75) is 20.0 Å². The molecule has 6 heteroatoms. The van der Waals surface area contributed by atoms with Crippen molar-refractivity contribution in [2.75, 3.05) is 13.7 Å². The van der Waals surface area contributed by atoms with E-state index in [0.717, 1.165) is 5.56 Å². The fraction of sp³-hybridized carbons (Fsp3) is 0.278. The van der Waals surface area contributed by atoms with Crippen LogP contribution in [0.3, 0.4) is 0 Å². The number of nitrogens with one attached hydrogen (secondary N) is 2. The van der Waals surface area contributed by atoms with Gasteiger partial charge < -0.3 is 20.5 Å². The minimum absolute atomic E-state index is 0.185. The van der Waals surface area contributed by atoms with Crippen molar-refractivity contribution in [1.82, 2.24) is 10.6 Å². The number of guanidine groups is 1. The second-order valence-electron chi connectivity index (χ2n) is 5.17. The summed E-state index contributed by atoms with van der Waals surface area (Å²) in [4.78, 5) is 4.43. The highest BCUT2D eigenvalue weighted by atomic mass is 19.1. The Bertz CT molecular complexity index is 704. The maximum atomic E-state index is 13.2. The number of phenols is 1. The monoisotopic (exact) mass is 331 g/mol. The third kappa shape index (κ3) is 5.15. The fourth-order valence-electron chi connectivity index (χ4n) is 2.16. The summed E-state index contributed by atoms with van der Waals surface area (Å²) in [6.07, 6.45) is 0. The Morgan fingerprint density at radius 2 is 2.04 bits per heavy atom. The molecule has 5 nitrogen and oxygen atoms in total. The molecule has 0 aliphatic heterocycles. The van der Waals surface area contributed by atoms with Gasteiger partial charge in [-0.2, -0.15) is 0 Å². The van der Waals surface area contributed by atoms with Crippen LogP contribution in [0.15, 0.2) is 47.5 Å². The standard InChI is InChI=1S/C18H22FN3O2/c1-3-20-18(21-11-13-5-4-6-15(19)9-13)22-12-14-10-16(24-2)7-8-17(14)23/h4-10,23H,3,11-12H2,1-2H3,(H2,20,21,22). The van der Waals surface area contributed by atoms with Crippen molar-refractivity contribution in [1.29, 1.82) is 0 Å². The highest BCUT2D eigenvalue weighted by molar-refractivity contribution is 5.79. The average Bonchev–Trinajstić information content (AvgIpc) is 2.58. The molecule has 0 saturated heterocycles. The first-order valence-electron chi connectivity index (χ1n) is 7.75. The molecule has 128 valence electrons. The summed E-state index contributed by atoms with van der Waals surface area (Å²) in [6, 6.07) is 11.4. The predicted molar refractivity (Wildman–Crippen MR) is 92.7 cm³/mol. The Morgan fingerprint density at radius 3 is 2.75 bits per heavy atom. The van der Waals surface area contributed by atoms with Crippen LogP contribution in [0.1, 0.15) is 18.1 Å². The number of hydrogen-bond acceptors (Lipinski definition) is 3. The third-order valence-corrected chi connectivity index (χ3v) is 3.39. The lowest BCUT2D eigenvalue weighted by Crippen LogP contribution is -2.36. The van der Waals surface area contributed by atoms with Gasteiger partial charge in [-0.05, 0) is 42.8 Å². The van der Waals surface area contributed by atoms with Gasteiger partial charge in [0.2, 0.25) is 0 Å². The van der Waals surface area contributed by atoms with Crippen LogP contribution in [0.25, 0.3) is 0 Å². The normalized spacial score (nSPS) is 11.2. The van der Waals surface area contributed by atoms with Crippen molar-refractivity contribution in [2.24, 2.45) is 4.99 Å². The van der Waals surface area contributed by atoms with Crippen LogP contribution >= 0.6 is 0 Å². The Hall–Kier alpha value is -2.76. The van der Waals surface area contributed by atoms with Crippen LogP contribution in [-0.4, -0.2) is 24.7 Å². The van der Waals surface area contributed by atoms with Crippen molar-refractivity contribution >= 4 is 5.96 Å². The van der Waals surface area contributed by atoms with Crippen LogP contribution in [0.2, 0.25) is 0 Å². The molecule has 0 fully saturated rings. The Labute approximate surface area is 141 Å². The molecule has 0 unspecified atom stereocenters. The molecule has 3 N–H and O–H groups in total. The molecule has 0 amide bonds. The van der Waals surface area contributed by atoms with Crippen LogP contribution in [0.4, 0.5) is 4.39 Å². The predicted octanol–water partition coefficient (Wildman–Crippen LogP) is 2.80. The molecule has 0 atom stereocenters. The molecule has 2 rings (SSSR count). The van der Waals surface area contributed by atoms with Gasteiger partial charge in [0.15, 0.2) is 5.96 Å². The Balaban J connectivity index is 2.04. The van der Waals surface area contributed by atoms with E-state index in [1.165, 1.54) is 12.1 Å². The third-order valence-electron chi connectivity index (χ3n) is 3.39. The molecule has 0 saturated carbocycles. The molecule has 0 aliphatic carbocycles. The SMILES string of the molecule is CCNC(=NCc1cccc(F)c1)NCc1cc(OC)ccc1O. The zero-order valence-electron chi connectivity index (χ0n) is 13.8. The summed E-state index contributed by atoms with van der Waals surface area (Å²) in [6.45, 7) is 3.40. The summed E-state index contributed by atoms with van der Waals surface area (Å²) in [7, 11) is 1.58. The number of nitrogens with zero attached hydrogens (tertiary/aromatic N) is 1. The number of halogens is 1. The van der Waals surface area contributed by atoms with Gasteiger partial charge in [-0.15, -0.1) is 0 Å². The number of phenolic OH excluding ortho intramolecular Hbond substituents is 1. The van der Waals surface area contributed by atoms with Crippen LogP contribution in [-0.2, 0) is 13.1 Å². The van der Waals surface area contributed by atoms with E-state index in [4.69, 9.17) is 4.74 Å². The maximum absolute atomic E-state index is 13.2. The summed E-state index contributed by atoms with van der Waals surface area (Å²) in [5, 5.41) is 16.2. The molecule has 0 heterocycles. The molecule has 2 aromatic rings. The minimum atomic E-state index is -0.276. The number of aromatic hydroxyl groups is 1. The summed E-state index contributed by atoms with van der Waals surface area (Å²) >= 11 is 0. The van der Waals surface area contributed by atoms with Gasteiger partial charge in [0.25, 0.3) is 0 Å². The molecule has 24 heavy (non-hydrogen) atoms. The Kier molecular flexibility index (Phi) is 6.42. The fourth-order valence-corrected chi connectivity index (χ4v) is 2.16. The van der Waals surface area contributed by atoms with Gasteiger partial charge in [-0.1, -0.05) is 12.1 Å². The van der Waals surface area contributed by atoms with Crippen LogP contribution < -0.4 is 15.4 Å². The molecular formula is C18H22FN3O2. The summed E-state index contributed by atoms with van der Waals surface area (Å²) < 4.78 is 18.4. The molecular weight excluding hydrogens is 309 g/mol. The molecule has 0 radical (unpaired) electrons. The van der Waals surface area contributed by atoms with E-state index < -0.39 is 0 Å². The van der Waals surface area contributed by atoms with Crippen molar-refractivity contribution < 1.29 is 14.2 Å². The van der Waals surface area contributed by atoms with E-state index in [1.807, 2.05) is 13.0 Å². The van der Waals surface area contributed by atoms with E-state index in [2.05, 4.69) is 15.6 Å². The van der Waals surface area contributed by atoms with Gasteiger partial charge in [-0.3, -0.25) is 0 Å². The molecule has 0 aliphatic rings. The first kappa shape index (κ1) is 17.6. The van der Waals surface area contributed by atoms with Gasteiger partial charge in [-0.25, -0.2) is 9.38 Å². The smallest absolute Gasteiger partial charge is 0.191 e. The quantitative estimate of drug-likeness (QED) is 0.562.